The zero-order chi connectivity index (χ0) is 16.0. The van der Waals surface area contributed by atoms with Gasteiger partial charge in [-0.1, -0.05) is 25.1 Å². The normalized spacial score (nSPS) is 14.1. The highest BCUT2D eigenvalue weighted by Gasteiger charge is 2.29. The van der Waals surface area contributed by atoms with Crippen LogP contribution in [0.1, 0.15) is 27.7 Å². The smallest absolute Gasteiger partial charge is 0.408 e. The van der Waals surface area contributed by atoms with E-state index in [1.54, 1.807) is 27.7 Å². The van der Waals surface area contributed by atoms with E-state index in [1.165, 1.54) is 11.8 Å². The number of alkyl carbamates (subject to hydrolysis) is 1. The molecule has 1 aromatic carbocycles. The minimum Gasteiger partial charge on any atom is -0.480 e. The minimum absolute atomic E-state index is 0.336. The molecule has 1 amide bonds. The Bertz CT molecular complexity index is 484. The van der Waals surface area contributed by atoms with E-state index in [9.17, 15) is 14.7 Å². The molecule has 0 saturated heterocycles. The molecule has 0 bridgehead atoms. The fourth-order valence-electron chi connectivity index (χ4n) is 1.60. The predicted molar refractivity (Wildman–Crippen MR) is 82.6 cm³/mol. The van der Waals surface area contributed by atoms with Crippen LogP contribution in [0, 0.1) is 0 Å². The zero-order valence-corrected chi connectivity index (χ0v) is 13.4. The second-order valence-corrected chi connectivity index (χ2v) is 7.05. The van der Waals surface area contributed by atoms with Crippen molar-refractivity contribution in [1.82, 2.24) is 5.32 Å². The van der Waals surface area contributed by atoms with Gasteiger partial charge in [-0.2, -0.15) is 0 Å². The molecule has 5 nitrogen and oxygen atoms in total. The average molecular weight is 311 g/mol. The summed E-state index contributed by atoms with van der Waals surface area (Å²) in [6, 6.07) is 8.42. The van der Waals surface area contributed by atoms with E-state index in [0.29, 0.717) is 0 Å². The number of aliphatic carboxylic acids is 1. The molecule has 21 heavy (non-hydrogen) atoms. The number of ether oxygens (including phenoxy) is 1. The predicted octanol–water partition coefficient (Wildman–Crippen LogP) is 3.15. The topological polar surface area (TPSA) is 75.6 Å². The van der Waals surface area contributed by atoms with Gasteiger partial charge in [0.15, 0.2) is 0 Å². The summed E-state index contributed by atoms with van der Waals surface area (Å²) in [5.41, 5.74) is -0.664. The third-order valence-corrected chi connectivity index (χ3v) is 3.66. The molecule has 0 heterocycles. The van der Waals surface area contributed by atoms with E-state index in [1.807, 2.05) is 30.3 Å². The zero-order valence-electron chi connectivity index (χ0n) is 12.6. The van der Waals surface area contributed by atoms with Crippen molar-refractivity contribution in [2.24, 2.45) is 0 Å². The Labute approximate surface area is 129 Å². The molecule has 0 spiro atoms. The van der Waals surface area contributed by atoms with Crippen molar-refractivity contribution in [2.45, 2.75) is 49.5 Å². The Hall–Kier alpha value is -1.69. The number of nitrogens with one attached hydrogen (secondary N) is 1. The Balaban J connectivity index is 2.68. The number of thioether (sulfide) groups is 1. The summed E-state index contributed by atoms with van der Waals surface area (Å²) in [5, 5.41) is 11.4. The second-order valence-electron chi connectivity index (χ2n) is 5.60. The molecule has 0 unspecified atom stereocenters. The van der Waals surface area contributed by atoms with Crippen molar-refractivity contribution < 1.29 is 19.4 Å². The largest absolute Gasteiger partial charge is 0.480 e. The third kappa shape index (κ3) is 6.53. The first-order valence-electron chi connectivity index (χ1n) is 6.63. The molecule has 0 aliphatic heterocycles. The van der Waals surface area contributed by atoms with Crippen molar-refractivity contribution >= 4 is 23.8 Å². The van der Waals surface area contributed by atoms with Crippen LogP contribution in [0.3, 0.4) is 0 Å². The highest BCUT2D eigenvalue weighted by molar-refractivity contribution is 8.00. The molecule has 0 radical (unpaired) electrons. The van der Waals surface area contributed by atoms with Crippen LogP contribution in [0.25, 0.3) is 0 Å². The quantitative estimate of drug-likeness (QED) is 0.817. The number of amides is 1. The lowest BCUT2D eigenvalue weighted by molar-refractivity contribution is -0.139. The second kappa shape index (κ2) is 7.36. The SMILES string of the molecule is C[C@@H](Sc1ccccc1)[C@@H](NC(=O)OC(C)(C)C)C(=O)O. The maximum atomic E-state index is 11.7. The third-order valence-electron chi connectivity index (χ3n) is 2.47. The number of carbonyl (C=O) groups excluding carboxylic acids is 1. The number of rotatable bonds is 5. The molecule has 116 valence electrons. The molecule has 0 fully saturated rings. The van der Waals surface area contributed by atoms with E-state index < -0.39 is 23.7 Å². The van der Waals surface area contributed by atoms with Gasteiger partial charge in [-0.15, -0.1) is 11.8 Å². The summed E-state index contributed by atoms with van der Waals surface area (Å²) in [6.07, 6.45) is -0.726. The first-order chi connectivity index (χ1) is 9.69. The fraction of sp³-hybridized carbons (Fsp3) is 0.467. The molecule has 0 aromatic heterocycles. The molecular weight excluding hydrogens is 290 g/mol. The monoisotopic (exact) mass is 311 g/mol. The number of hydrogen-bond acceptors (Lipinski definition) is 4. The number of carboxylic acids is 1. The molecule has 0 aliphatic rings. The van der Waals surface area contributed by atoms with Gasteiger partial charge in [-0.05, 0) is 32.9 Å². The van der Waals surface area contributed by atoms with Gasteiger partial charge in [0.25, 0.3) is 0 Å². The van der Waals surface area contributed by atoms with Gasteiger partial charge in [0.2, 0.25) is 0 Å². The average Bonchev–Trinajstić information content (AvgIpc) is 2.34. The highest BCUT2D eigenvalue weighted by atomic mass is 32.2. The van der Waals surface area contributed by atoms with Crippen molar-refractivity contribution in [2.75, 3.05) is 0 Å². The molecule has 2 N–H and O–H groups in total. The van der Waals surface area contributed by atoms with E-state index in [-0.39, 0.29) is 5.25 Å². The van der Waals surface area contributed by atoms with Crippen molar-refractivity contribution in [3.05, 3.63) is 30.3 Å². The first-order valence-corrected chi connectivity index (χ1v) is 7.51. The lowest BCUT2D eigenvalue weighted by Crippen LogP contribution is -2.48. The Kier molecular flexibility index (Phi) is 6.08. The van der Waals surface area contributed by atoms with Crippen LogP contribution in [0.4, 0.5) is 4.79 Å². The summed E-state index contributed by atoms with van der Waals surface area (Å²) in [7, 11) is 0. The van der Waals surface area contributed by atoms with Gasteiger partial charge < -0.3 is 15.2 Å². The summed E-state index contributed by atoms with van der Waals surface area (Å²) >= 11 is 1.39. The Morgan fingerprint density at radius 3 is 2.29 bits per heavy atom. The van der Waals surface area contributed by atoms with Crippen LogP contribution in [-0.4, -0.2) is 34.1 Å². The van der Waals surface area contributed by atoms with Gasteiger partial charge in [0.1, 0.15) is 11.6 Å². The molecule has 0 aliphatic carbocycles. The molecule has 6 heteroatoms. The Morgan fingerprint density at radius 2 is 1.81 bits per heavy atom. The van der Waals surface area contributed by atoms with Gasteiger partial charge in [0, 0.05) is 10.1 Å². The lowest BCUT2D eigenvalue weighted by atomic mass is 10.2. The minimum atomic E-state index is -1.09. The molecule has 1 aromatic rings. The van der Waals surface area contributed by atoms with Gasteiger partial charge in [-0.3, -0.25) is 0 Å². The van der Waals surface area contributed by atoms with E-state index in [2.05, 4.69) is 5.32 Å². The number of benzene rings is 1. The molecular formula is C15H21NO4S. The van der Waals surface area contributed by atoms with Crippen LogP contribution >= 0.6 is 11.8 Å². The van der Waals surface area contributed by atoms with E-state index >= 15 is 0 Å². The summed E-state index contributed by atoms with van der Waals surface area (Å²) < 4.78 is 5.10. The summed E-state index contributed by atoms with van der Waals surface area (Å²) in [6.45, 7) is 6.94. The van der Waals surface area contributed by atoms with Gasteiger partial charge in [-0.25, -0.2) is 9.59 Å². The maximum absolute atomic E-state index is 11.7. The lowest BCUT2D eigenvalue weighted by Gasteiger charge is -2.24. The van der Waals surface area contributed by atoms with Crippen LogP contribution in [-0.2, 0) is 9.53 Å². The van der Waals surface area contributed by atoms with Crippen molar-refractivity contribution in [3.8, 4) is 0 Å². The summed E-state index contributed by atoms with van der Waals surface area (Å²) in [4.78, 5) is 24.0. The first kappa shape index (κ1) is 17.4. The standard InChI is InChI=1S/C15H21NO4S/c1-10(21-11-8-6-5-7-9-11)12(13(17)18)16-14(19)20-15(2,3)4/h5-10,12H,1-4H3,(H,16,19)(H,17,18)/t10-,12-/m1/s1. The van der Waals surface area contributed by atoms with Crippen LogP contribution in [0.5, 0.6) is 0 Å². The van der Waals surface area contributed by atoms with Gasteiger partial charge >= 0.3 is 12.1 Å². The van der Waals surface area contributed by atoms with E-state index in [0.717, 1.165) is 4.90 Å². The number of carbonyl (C=O) groups is 2. The molecule has 0 saturated carbocycles. The van der Waals surface area contributed by atoms with E-state index in [4.69, 9.17) is 4.74 Å². The molecule has 1 rings (SSSR count). The highest BCUT2D eigenvalue weighted by Crippen LogP contribution is 2.25. The number of carboxylic acid groups (broad SMARTS) is 1. The summed E-state index contributed by atoms with van der Waals surface area (Å²) in [5.74, 6) is -1.09. The van der Waals surface area contributed by atoms with Crippen molar-refractivity contribution in [3.63, 3.8) is 0 Å². The van der Waals surface area contributed by atoms with Crippen LogP contribution in [0.2, 0.25) is 0 Å². The number of hydrogen-bond donors (Lipinski definition) is 2. The Morgan fingerprint density at radius 1 is 1.24 bits per heavy atom. The van der Waals surface area contributed by atoms with Gasteiger partial charge in [0.05, 0.1) is 0 Å². The molecule has 2 atom stereocenters. The van der Waals surface area contributed by atoms with Crippen LogP contribution in [0.15, 0.2) is 35.2 Å². The fourth-order valence-corrected chi connectivity index (χ4v) is 2.66. The maximum Gasteiger partial charge on any atom is 0.408 e. The van der Waals surface area contributed by atoms with Crippen LogP contribution < -0.4 is 5.32 Å². The van der Waals surface area contributed by atoms with Crippen molar-refractivity contribution in [1.29, 1.82) is 0 Å².